The maximum Gasteiger partial charge on any atom is 0.403 e. The maximum atomic E-state index is 13.6. The molecule has 0 radical (unpaired) electrons. The molecule has 1 aliphatic rings. The van der Waals surface area contributed by atoms with E-state index in [0.717, 1.165) is 11.4 Å². The van der Waals surface area contributed by atoms with Crippen molar-refractivity contribution in [2.45, 2.75) is 26.1 Å². The normalized spacial score (nSPS) is 18.2. The van der Waals surface area contributed by atoms with Crippen molar-refractivity contribution < 1.29 is 17.6 Å². The quantitative estimate of drug-likeness (QED) is 0.776. The number of benzene rings is 1. The molecule has 0 amide bonds. The summed E-state index contributed by atoms with van der Waals surface area (Å²) in [7, 11) is 0. The second kappa shape index (κ2) is 6.20. The van der Waals surface area contributed by atoms with Crippen LogP contribution in [0.2, 0.25) is 0 Å². The summed E-state index contributed by atoms with van der Waals surface area (Å²) < 4.78 is 52.2. The van der Waals surface area contributed by atoms with Gasteiger partial charge in [-0.05, 0) is 38.1 Å². The second-order valence-electron chi connectivity index (χ2n) is 6.18. The lowest BCUT2D eigenvalue weighted by atomic mass is 10.1. The van der Waals surface area contributed by atoms with E-state index in [1.807, 2.05) is 17.9 Å². The summed E-state index contributed by atoms with van der Waals surface area (Å²) in [6.45, 7) is 4.62. The van der Waals surface area contributed by atoms with Gasteiger partial charge >= 0.3 is 6.18 Å². The Bertz CT molecular complexity index is 736. The lowest BCUT2D eigenvalue weighted by Gasteiger charge is -2.39. The number of aryl methyl sites for hydroxylation is 1. The molecule has 24 heavy (non-hydrogen) atoms. The van der Waals surface area contributed by atoms with Gasteiger partial charge in [-0.25, -0.2) is 4.39 Å². The summed E-state index contributed by atoms with van der Waals surface area (Å²) >= 11 is 0. The fourth-order valence-electron chi connectivity index (χ4n) is 3.13. The van der Waals surface area contributed by atoms with Crippen molar-refractivity contribution in [3.63, 3.8) is 0 Å². The molecule has 1 fully saturated rings. The molecule has 1 aromatic heterocycles. The van der Waals surface area contributed by atoms with Crippen LogP contribution in [0, 0.1) is 12.7 Å². The number of nitrogens with zero attached hydrogens (tertiary/aromatic N) is 3. The van der Waals surface area contributed by atoms with Crippen LogP contribution in [-0.4, -0.2) is 48.3 Å². The number of hydrogen-bond acceptors (Lipinski definition) is 3. The van der Waals surface area contributed by atoms with Gasteiger partial charge in [-0.2, -0.15) is 13.2 Å². The first-order valence-electron chi connectivity index (χ1n) is 7.88. The van der Waals surface area contributed by atoms with Crippen LogP contribution in [-0.2, 0) is 0 Å². The standard InChI is InChI=1S/C17H19F4N3/c1-11-9-16(14-10-13(18)3-4-15(14)22-11)24-7-5-23(6-8-24)12(2)17(19,20)21/h3-4,9-10,12H,5-8H2,1-2H3. The maximum absolute atomic E-state index is 13.6. The molecule has 0 spiro atoms. The van der Waals surface area contributed by atoms with Gasteiger partial charge in [0, 0.05) is 42.9 Å². The van der Waals surface area contributed by atoms with Crippen LogP contribution in [0.1, 0.15) is 12.6 Å². The number of aromatic nitrogens is 1. The Morgan fingerprint density at radius 1 is 1.08 bits per heavy atom. The van der Waals surface area contributed by atoms with Gasteiger partial charge in [0.1, 0.15) is 11.9 Å². The number of fused-ring (bicyclic) bond motifs is 1. The highest BCUT2D eigenvalue weighted by Gasteiger charge is 2.40. The third-order valence-corrected chi connectivity index (χ3v) is 4.55. The topological polar surface area (TPSA) is 19.4 Å². The van der Waals surface area contributed by atoms with E-state index in [1.165, 1.54) is 24.0 Å². The molecule has 0 bridgehead atoms. The summed E-state index contributed by atoms with van der Waals surface area (Å²) in [6.07, 6.45) is -4.22. The van der Waals surface area contributed by atoms with Crippen molar-refractivity contribution in [1.82, 2.24) is 9.88 Å². The lowest BCUT2D eigenvalue weighted by molar-refractivity contribution is -0.179. The molecule has 1 unspecified atom stereocenters. The van der Waals surface area contributed by atoms with Gasteiger partial charge in [-0.15, -0.1) is 0 Å². The first kappa shape index (κ1) is 17.0. The number of hydrogen-bond donors (Lipinski definition) is 0. The van der Waals surface area contributed by atoms with E-state index in [0.29, 0.717) is 37.1 Å². The molecule has 1 aromatic carbocycles. The van der Waals surface area contributed by atoms with Crippen molar-refractivity contribution in [3.8, 4) is 0 Å². The van der Waals surface area contributed by atoms with Gasteiger partial charge in [0.2, 0.25) is 0 Å². The van der Waals surface area contributed by atoms with E-state index >= 15 is 0 Å². The van der Waals surface area contributed by atoms with E-state index in [-0.39, 0.29) is 5.82 Å². The molecule has 3 rings (SSSR count). The van der Waals surface area contributed by atoms with Crippen molar-refractivity contribution in [2.75, 3.05) is 31.1 Å². The molecule has 0 saturated carbocycles. The molecule has 0 aliphatic carbocycles. The second-order valence-corrected chi connectivity index (χ2v) is 6.18. The molecule has 3 nitrogen and oxygen atoms in total. The molecule has 130 valence electrons. The van der Waals surface area contributed by atoms with Crippen LogP contribution >= 0.6 is 0 Å². The first-order valence-corrected chi connectivity index (χ1v) is 7.88. The van der Waals surface area contributed by atoms with Gasteiger partial charge in [0.05, 0.1) is 5.52 Å². The Kier molecular flexibility index (Phi) is 4.38. The first-order chi connectivity index (χ1) is 11.3. The highest BCUT2D eigenvalue weighted by atomic mass is 19.4. The number of halogens is 4. The highest BCUT2D eigenvalue weighted by molar-refractivity contribution is 5.92. The average Bonchev–Trinajstić information content (AvgIpc) is 2.53. The molecule has 1 atom stereocenters. The molecule has 1 aliphatic heterocycles. The van der Waals surface area contributed by atoms with Crippen molar-refractivity contribution in [3.05, 3.63) is 35.8 Å². The Balaban J connectivity index is 1.84. The summed E-state index contributed by atoms with van der Waals surface area (Å²) in [5.41, 5.74) is 2.32. The zero-order valence-electron chi connectivity index (χ0n) is 13.6. The van der Waals surface area contributed by atoms with Gasteiger partial charge in [-0.3, -0.25) is 9.88 Å². The minimum Gasteiger partial charge on any atom is -0.368 e. The van der Waals surface area contributed by atoms with E-state index in [4.69, 9.17) is 0 Å². The van der Waals surface area contributed by atoms with E-state index < -0.39 is 12.2 Å². The molecular weight excluding hydrogens is 322 g/mol. The number of anilines is 1. The molecule has 2 aromatic rings. The summed E-state index contributed by atoms with van der Waals surface area (Å²) in [5, 5.41) is 0.693. The van der Waals surface area contributed by atoms with Gasteiger partial charge in [0.25, 0.3) is 0 Å². The largest absolute Gasteiger partial charge is 0.403 e. The number of alkyl halides is 3. The molecule has 0 N–H and O–H groups in total. The average molecular weight is 341 g/mol. The van der Waals surface area contributed by atoms with Crippen molar-refractivity contribution in [2.24, 2.45) is 0 Å². The Labute approximate surface area is 137 Å². The smallest absolute Gasteiger partial charge is 0.368 e. The van der Waals surface area contributed by atoms with Crippen LogP contribution in [0.25, 0.3) is 10.9 Å². The molecular formula is C17H19F4N3. The SMILES string of the molecule is Cc1cc(N2CCN(C(C)C(F)(F)F)CC2)c2cc(F)ccc2n1. The Morgan fingerprint density at radius 2 is 1.75 bits per heavy atom. The van der Waals surface area contributed by atoms with Crippen LogP contribution in [0.15, 0.2) is 24.3 Å². The van der Waals surface area contributed by atoms with Gasteiger partial charge < -0.3 is 4.90 Å². The van der Waals surface area contributed by atoms with Crippen LogP contribution in [0.3, 0.4) is 0 Å². The summed E-state index contributed by atoms with van der Waals surface area (Å²) in [5.74, 6) is -0.348. The minimum atomic E-state index is -4.22. The third-order valence-electron chi connectivity index (χ3n) is 4.55. The highest BCUT2D eigenvalue weighted by Crippen LogP contribution is 2.30. The third kappa shape index (κ3) is 3.31. The molecule has 1 saturated heterocycles. The summed E-state index contributed by atoms with van der Waals surface area (Å²) in [4.78, 5) is 7.84. The van der Waals surface area contributed by atoms with Crippen LogP contribution in [0.4, 0.5) is 23.2 Å². The van der Waals surface area contributed by atoms with Gasteiger partial charge in [-0.1, -0.05) is 0 Å². The number of pyridine rings is 1. The predicted octanol–water partition coefficient (Wildman–Crippen LogP) is 3.76. The van der Waals surface area contributed by atoms with Crippen LogP contribution in [0.5, 0.6) is 0 Å². The molecule has 2 heterocycles. The zero-order valence-corrected chi connectivity index (χ0v) is 13.6. The monoisotopic (exact) mass is 341 g/mol. The number of rotatable bonds is 2. The van der Waals surface area contributed by atoms with Crippen molar-refractivity contribution in [1.29, 1.82) is 0 Å². The van der Waals surface area contributed by atoms with Crippen LogP contribution < -0.4 is 4.90 Å². The lowest BCUT2D eigenvalue weighted by Crippen LogP contribution is -2.53. The van der Waals surface area contributed by atoms with E-state index in [2.05, 4.69) is 4.98 Å². The predicted molar refractivity (Wildman–Crippen MR) is 85.7 cm³/mol. The zero-order chi connectivity index (χ0) is 17.5. The van der Waals surface area contributed by atoms with E-state index in [9.17, 15) is 17.6 Å². The summed E-state index contributed by atoms with van der Waals surface area (Å²) in [6, 6.07) is 4.84. The minimum absolute atomic E-state index is 0.318. The Hall–Kier alpha value is -1.89. The molecule has 7 heteroatoms. The van der Waals surface area contributed by atoms with Crippen molar-refractivity contribution >= 4 is 16.6 Å². The van der Waals surface area contributed by atoms with Gasteiger partial charge in [0.15, 0.2) is 0 Å². The van der Waals surface area contributed by atoms with E-state index in [1.54, 1.807) is 6.07 Å². The Morgan fingerprint density at radius 3 is 2.38 bits per heavy atom. The fraction of sp³-hybridized carbons (Fsp3) is 0.471. The fourth-order valence-corrected chi connectivity index (χ4v) is 3.13. The number of piperazine rings is 1.